The Morgan fingerprint density at radius 1 is 0.741 bits per heavy atom. The van der Waals surface area contributed by atoms with Crippen molar-refractivity contribution in [2.75, 3.05) is 0 Å². The molecule has 1 aliphatic rings. The van der Waals surface area contributed by atoms with Crippen LogP contribution in [0.4, 0.5) is 52.7 Å². The summed E-state index contributed by atoms with van der Waals surface area (Å²) in [7, 11) is 0. The number of nitrogens with two attached hydrogens (primary N) is 1. The van der Waals surface area contributed by atoms with Crippen LogP contribution < -0.4 is 5.73 Å². The molecule has 0 spiro atoms. The van der Waals surface area contributed by atoms with E-state index in [-0.39, 0.29) is 12.2 Å². The zero-order valence-corrected chi connectivity index (χ0v) is 12.4. The van der Waals surface area contributed by atoms with Crippen molar-refractivity contribution in [2.45, 2.75) is 42.3 Å². The summed E-state index contributed by atoms with van der Waals surface area (Å²) < 4.78 is 154. The SMILES string of the molecule is NC1=CC(C(O)(C(F)(F)F)C(F)(F)F)CC(C(O)(C(F)(F)F)C(F)(F)F)=C1. The van der Waals surface area contributed by atoms with Gasteiger partial charge in [0, 0.05) is 11.6 Å². The molecule has 1 unspecified atom stereocenters. The number of hydrogen-bond donors (Lipinski definition) is 3. The third-order valence-electron chi connectivity index (χ3n) is 3.86. The largest absolute Gasteiger partial charge is 0.430 e. The molecule has 0 amide bonds. The third kappa shape index (κ3) is 3.58. The fraction of sp³-hybridized carbons (Fsp3) is 0.667. The molecule has 0 heterocycles. The molecule has 158 valence electrons. The minimum absolute atomic E-state index is 0.183. The molecule has 0 bridgehead atoms. The van der Waals surface area contributed by atoms with Crippen LogP contribution in [0, 0.1) is 5.92 Å². The van der Waals surface area contributed by atoms with Crippen molar-refractivity contribution in [3.05, 3.63) is 23.4 Å². The van der Waals surface area contributed by atoms with Crippen LogP contribution in [-0.4, -0.2) is 46.1 Å². The smallest absolute Gasteiger partial charge is 0.399 e. The first-order valence-electron chi connectivity index (χ1n) is 6.50. The number of rotatable bonds is 2. The average Bonchev–Trinajstić information content (AvgIpc) is 2.39. The minimum Gasteiger partial charge on any atom is -0.399 e. The van der Waals surface area contributed by atoms with Crippen LogP contribution in [0.1, 0.15) is 6.42 Å². The van der Waals surface area contributed by atoms with Gasteiger partial charge in [-0.3, -0.25) is 0 Å². The second kappa shape index (κ2) is 6.18. The molecule has 0 aromatic rings. The predicted molar refractivity (Wildman–Crippen MR) is 62.6 cm³/mol. The molecule has 0 saturated carbocycles. The van der Waals surface area contributed by atoms with E-state index in [9.17, 15) is 62.9 Å². The Labute approximate surface area is 141 Å². The van der Waals surface area contributed by atoms with Gasteiger partial charge < -0.3 is 15.9 Å². The van der Waals surface area contributed by atoms with E-state index in [4.69, 9.17) is 5.73 Å². The van der Waals surface area contributed by atoms with Crippen molar-refractivity contribution >= 4 is 0 Å². The second-order valence-corrected chi connectivity index (χ2v) is 5.61. The minimum atomic E-state index is -6.56. The molecule has 1 aliphatic carbocycles. The molecule has 0 fully saturated rings. The van der Waals surface area contributed by atoms with E-state index >= 15 is 0 Å². The van der Waals surface area contributed by atoms with E-state index in [1.54, 1.807) is 0 Å². The Bertz CT molecular complexity index is 609. The summed E-state index contributed by atoms with van der Waals surface area (Å²) in [6, 6.07) is 0. The highest BCUT2D eigenvalue weighted by Gasteiger charge is 2.76. The van der Waals surface area contributed by atoms with Crippen molar-refractivity contribution in [1.82, 2.24) is 0 Å². The number of alkyl halides is 12. The first-order valence-corrected chi connectivity index (χ1v) is 6.50. The zero-order chi connectivity index (χ0) is 21.9. The predicted octanol–water partition coefficient (Wildman–Crippen LogP) is 3.49. The number of aliphatic hydroxyl groups is 2. The molecule has 1 rings (SSSR count). The zero-order valence-electron chi connectivity index (χ0n) is 12.4. The van der Waals surface area contributed by atoms with Crippen molar-refractivity contribution in [3.63, 3.8) is 0 Å². The van der Waals surface area contributed by atoms with E-state index in [0.717, 1.165) is 0 Å². The number of halogens is 12. The average molecular weight is 427 g/mol. The summed E-state index contributed by atoms with van der Waals surface area (Å²) in [6.45, 7) is 0. The Morgan fingerprint density at radius 3 is 1.41 bits per heavy atom. The molecule has 3 nitrogen and oxygen atoms in total. The quantitative estimate of drug-likeness (QED) is 0.592. The fourth-order valence-electron chi connectivity index (χ4n) is 2.46. The lowest BCUT2D eigenvalue weighted by molar-refractivity contribution is -0.382. The van der Waals surface area contributed by atoms with Crippen LogP contribution in [0.25, 0.3) is 0 Å². The van der Waals surface area contributed by atoms with Gasteiger partial charge in [0.25, 0.3) is 11.2 Å². The Kier molecular flexibility index (Phi) is 5.36. The summed E-state index contributed by atoms with van der Waals surface area (Å²) in [5, 5.41) is 18.4. The van der Waals surface area contributed by atoms with Crippen molar-refractivity contribution in [1.29, 1.82) is 0 Å². The highest BCUT2D eigenvalue weighted by Crippen LogP contribution is 2.55. The molecule has 15 heteroatoms. The van der Waals surface area contributed by atoms with Gasteiger partial charge in [0.2, 0.25) is 0 Å². The molecular formula is C12H9F12NO2. The van der Waals surface area contributed by atoms with Crippen molar-refractivity contribution in [3.8, 4) is 0 Å². The first kappa shape index (κ1) is 23.4. The monoisotopic (exact) mass is 427 g/mol. The number of allylic oxidation sites excluding steroid dienone is 1. The molecular weight excluding hydrogens is 418 g/mol. The Balaban J connectivity index is 3.63. The van der Waals surface area contributed by atoms with E-state index in [1.165, 1.54) is 0 Å². The third-order valence-corrected chi connectivity index (χ3v) is 3.86. The molecule has 0 aliphatic heterocycles. The summed E-state index contributed by atoms with van der Waals surface area (Å²) in [4.78, 5) is 0. The second-order valence-electron chi connectivity index (χ2n) is 5.61. The molecule has 4 N–H and O–H groups in total. The maximum atomic E-state index is 12.8. The lowest BCUT2D eigenvalue weighted by Crippen LogP contribution is -2.63. The normalized spacial score (nSPS) is 21.0. The van der Waals surface area contributed by atoms with Crippen molar-refractivity contribution in [2.24, 2.45) is 11.7 Å². The first-order chi connectivity index (χ1) is 11.6. The highest BCUT2D eigenvalue weighted by atomic mass is 19.4. The lowest BCUT2D eigenvalue weighted by atomic mass is 9.74. The molecule has 27 heavy (non-hydrogen) atoms. The summed E-state index contributed by atoms with van der Waals surface area (Å²) in [6.07, 6.45) is -28.9. The van der Waals surface area contributed by atoms with Gasteiger partial charge in [0.05, 0.1) is 0 Å². The number of hydrogen-bond acceptors (Lipinski definition) is 3. The van der Waals surface area contributed by atoms with E-state index < -0.39 is 59.5 Å². The lowest BCUT2D eigenvalue weighted by Gasteiger charge is -2.42. The van der Waals surface area contributed by atoms with Gasteiger partial charge in [-0.05, 0) is 18.1 Å². The van der Waals surface area contributed by atoms with Gasteiger partial charge in [-0.15, -0.1) is 0 Å². The standard InChI is InChI=1S/C12H9F12NO2/c13-9(14,15)7(26,10(16,17)18)4-1-5(3-6(25)2-4)8(27,11(19,20)21)12(22,23)24/h2-4,26-27H,1,25H2. The molecule has 0 aromatic heterocycles. The van der Waals surface area contributed by atoms with Crippen LogP contribution in [0.2, 0.25) is 0 Å². The van der Waals surface area contributed by atoms with Crippen LogP contribution in [0.15, 0.2) is 23.4 Å². The summed E-state index contributed by atoms with van der Waals surface area (Å²) >= 11 is 0. The van der Waals surface area contributed by atoms with Gasteiger partial charge in [0.1, 0.15) is 0 Å². The van der Waals surface area contributed by atoms with Crippen molar-refractivity contribution < 1.29 is 62.9 Å². The summed E-state index contributed by atoms with van der Waals surface area (Å²) in [5.74, 6) is -3.42. The van der Waals surface area contributed by atoms with E-state index in [2.05, 4.69) is 0 Å². The molecule has 1 atom stereocenters. The maximum absolute atomic E-state index is 12.8. The molecule has 0 radical (unpaired) electrons. The molecule has 0 saturated heterocycles. The van der Waals surface area contributed by atoms with Gasteiger partial charge in [-0.1, -0.05) is 6.08 Å². The highest BCUT2D eigenvalue weighted by molar-refractivity contribution is 5.37. The van der Waals surface area contributed by atoms with Gasteiger partial charge in [0.15, 0.2) is 0 Å². The van der Waals surface area contributed by atoms with Gasteiger partial charge in [-0.2, -0.15) is 52.7 Å². The maximum Gasteiger partial charge on any atom is 0.430 e. The van der Waals surface area contributed by atoms with Gasteiger partial charge >= 0.3 is 24.7 Å². The van der Waals surface area contributed by atoms with E-state index in [0.29, 0.717) is 0 Å². The van der Waals surface area contributed by atoms with Gasteiger partial charge in [-0.25, -0.2) is 0 Å². The van der Waals surface area contributed by atoms with E-state index in [1.807, 2.05) is 0 Å². The topological polar surface area (TPSA) is 66.5 Å². The van der Waals surface area contributed by atoms with Crippen LogP contribution >= 0.6 is 0 Å². The summed E-state index contributed by atoms with van der Waals surface area (Å²) in [5.41, 5.74) is -10.3. The van der Waals surface area contributed by atoms with Crippen LogP contribution in [-0.2, 0) is 0 Å². The van der Waals surface area contributed by atoms with Crippen LogP contribution in [0.3, 0.4) is 0 Å². The fourth-order valence-corrected chi connectivity index (χ4v) is 2.46. The Hall–Kier alpha value is -1.64. The molecule has 0 aromatic carbocycles. The Morgan fingerprint density at radius 2 is 1.11 bits per heavy atom. The van der Waals surface area contributed by atoms with Crippen LogP contribution in [0.5, 0.6) is 0 Å².